The van der Waals surface area contributed by atoms with Gasteiger partial charge in [-0.25, -0.2) is 0 Å². The number of amides is 1. The van der Waals surface area contributed by atoms with Crippen molar-refractivity contribution >= 4 is 5.91 Å². The van der Waals surface area contributed by atoms with Crippen molar-refractivity contribution in [1.29, 1.82) is 0 Å². The standard InChI is InChI=1S/C12H19N3O/c1-2-3-9-15(10-6-13)12(16)11-4-7-14-8-5-11/h4-5,7-8H,2-3,6,9-10,13H2,1H3. The summed E-state index contributed by atoms with van der Waals surface area (Å²) in [5.74, 6) is 0.0429. The lowest BCUT2D eigenvalue weighted by Crippen LogP contribution is -2.36. The number of hydrogen-bond donors (Lipinski definition) is 1. The van der Waals surface area contributed by atoms with Crippen molar-refractivity contribution in [3.05, 3.63) is 30.1 Å². The Labute approximate surface area is 96.5 Å². The highest BCUT2D eigenvalue weighted by atomic mass is 16.2. The molecule has 16 heavy (non-hydrogen) atoms. The Morgan fingerprint density at radius 1 is 1.38 bits per heavy atom. The maximum atomic E-state index is 12.1. The van der Waals surface area contributed by atoms with Gasteiger partial charge in [-0.3, -0.25) is 9.78 Å². The fourth-order valence-electron chi connectivity index (χ4n) is 1.50. The van der Waals surface area contributed by atoms with E-state index in [-0.39, 0.29) is 5.91 Å². The van der Waals surface area contributed by atoms with Crippen molar-refractivity contribution in [3.8, 4) is 0 Å². The third kappa shape index (κ3) is 3.62. The maximum absolute atomic E-state index is 12.1. The highest BCUT2D eigenvalue weighted by molar-refractivity contribution is 5.94. The largest absolute Gasteiger partial charge is 0.337 e. The first-order chi connectivity index (χ1) is 7.79. The summed E-state index contributed by atoms with van der Waals surface area (Å²) in [6.45, 7) is 3.99. The lowest BCUT2D eigenvalue weighted by molar-refractivity contribution is 0.0758. The average Bonchev–Trinajstić information content (AvgIpc) is 2.35. The first kappa shape index (κ1) is 12.6. The first-order valence-corrected chi connectivity index (χ1v) is 5.69. The minimum atomic E-state index is 0.0429. The molecule has 1 amide bonds. The molecule has 0 radical (unpaired) electrons. The second-order valence-electron chi connectivity index (χ2n) is 3.67. The van der Waals surface area contributed by atoms with Crippen LogP contribution >= 0.6 is 0 Å². The van der Waals surface area contributed by atoms with E-state index in [0.29, 0.717) is 18.7 Å². The molecule has 4 heteroatoms. The van der Waals surface area contributed by atoms with Crippen LogP contribution in [0.2, 0.25) is 0 Å². The molecule has 0 fully saturated rings. The van der Waals surface area contributed by atoms with Crippen molar-refractivity contribution in [1.82, 2.24) is 9.88 Å². The van der Waals surface area contributed by atoms with E-state index in [0.717, 1.165) is 19.4 Å². The number of aromatic nitrogens is 1. The summed E-state index contributed by atoms with van der Waals surface area (Å²) in [4.78, 5) is 17.8. The maximum Gasteiger partial charge on any atom is 0.254 e. The Bertz CT molecular complexity index is 313. The Hall–Kier alpha value is -1.42. The molecule has 0 spiro atoms. The zero-order valence-electron chi connectivity index (χ0n) is 9.72. The van der Waals surface area contributed by atoms with Gasteiger partial charge in [0, 0.05) is 37.6 Å². The van der Waals surface area contributed by atoms with Crippen LogP contribution in [0.1, 0.15) is 30.1 Å². The number of carbonyl (C=O) groups is 1. The van der Waals surface area contributed by atoms with Gasteiger partial charge in [0.2, 0.25) is 0 Å². The van der Waals surface area contributed by atoms with Gasteiger partial charge in [0.25, 0.3) is 5.91 Å². The molecule has 0 saturated carbocycles. The Morgan fingerprint density at radius 2 is 2.06 bits per heavy atom. The minimum absolute atomic E-state index is 0.0429. The lowest BCUT2D eigenvalue weighted by Gasteiger charge is -2.21. The van der Waals surface area contributed by atoms with E-state index in [1.165, 1.54) is 0 Å². The number of nitrogens with zero attached hydrogens (tertiary/aromatic N) is 2. The van der Waals surface area contributed by atoms with Crippen molar-refractivity contribution in [2.24, 2.45) is 5.73 Å². The number of unbranched alkanes of at least 4 members (excludes halogenated alkanes) is 1. The van der Waals surface area contributed by atoms with Crippen molar-refractivity contribution in [3.63, 3.8) is 0 Å². The van der Waals surface area contributed by atoms with Gasteiger partial charge < -0.3 is 10.6 Å². The molecule has 1 rings (SSSR count). The third-order valence-electron chi connectivity index (χ3n) is 2.40. The molecule has 0 aliphatic carbocycles. The monoisotopic (exact) mass is 221 g/mol. The quantitative estimate of drug-likeness (QED) is 0.787. The van der Waals surface area contributed by atoms with Crippen LogP contribution in [0.4, 0.5) is 0 Å². The van der Waals surface area contributed by atoms with Gasteiger partial charge in [-0.2, -0.15) is 0 Å². The highest BCUT2D eigenvalue weighted by Gasteiger charge is 2.13. The SMILES string of the molecule is CCCCN(CCN)C(=O)c1ccncc1. The van der Waals surface area contributed by atoms with Gasteiger partial charge in [-0.15, -0.1) is 0 Å². The summed E-state index contributed by atoms with van der Waals surface area (Å²) in [6, 6.07) is 3.47. The molecular weight excluding hydrogens is 202 g/mol. The van der Waals surface area contributed by atoms with E-state index in [4.69, 9.17) is 5.73 Å². The molecule has 1 heterocycles. The van der Waals surface area contributed by atoms with Crippen LogP contribution in [0.15, 0.2) is 24.5 Å². The van der Waals surface area contributed by atoms with E-state index in [1.807, 2.05) is 0 Å². The summed E-state index contributed by atoms with van der Waals surface area (Å²) >= 11 is 0. The van der Waals surface area contributed by atoms with E-state index in [9.17, 15) is 4.79 Å². The Balaban J connectivity index is 2.67. The summed E-state index contributed by atoms with van der Waals surface area (Å²) in [5.41, 5.74) is 6.19. The topological polar surface area (TPSA) is 59.2 Å². The Morgan fingerprint density at radius 3 is 2.62 bits per heavy atom. The van der Waals surface area contributed by atoms with Crippen LogP contribution in [0.5, 0.6) is 0 Å². The Kier molecular flexibility index (Phi) is 5.50. The number of hydrogen-bond acceptors (Lipinski definition) is 3. The van der Waals surface area contributed by atoms with Gasteiger partial charge in [0.15, 0.2) is 0 Å². The summed E-state index contributed by atoms with van der Waals surface area (Å²) in [6.07, 6.45) is 5.35. The zero-order valence-corrected chi connectivity index (χ0v) is 9.72. The molecule has 0 aliphatic heterocycles. The predicted octanol–water partition coefficient (Wildman–Crippen LogP) is 1.28. The second kappa shape index (κ2) is 6.95. The van der Waals surface area contributed by atoms with Gasteiger partial charge in [0.1, 0.15) is 0 Å². The van der Waals surface area contributed by atoms with Crippen molar-refractivity contribution in [2.45, 2.75) is 19.8 Å². The minimum Gasteiger partial charge on any atom is -0.337 e. The molecule has 0 saturated heterocycles. The van der Waals surface area contributed by atoms with E-state index < -0.39 is 0 Å². The zero-order chi connectivity index (χ0) is 11.8. The number of pyridine rings is 1. The van der Waals surface area contributed by atoms with Gasteiger partial charge >= 0.3 is 0 Å². The van der Waals surface area contributed by atoms with E-state index in [1.54, 1.807) is 29.4 Å². The summed E-state index contributed by atoms with van der Waals surface area (Å²) < 4.78 is 0. The van der Waals surface area contributed by atoms with Crippen molar-refractivity contribution in [2.75, 3.05) is 19.6 Å². The first-order valence-electron chi connectivity index (χ1n) is 5.69. The van der Waals surface area contributed by atoms with Crippen LogP contribution in [0, 0.1) is 0 Å². The molecule has 0 unspecified atom stereocenters. The molecule has 1 aromatic rings. The third-order valence-corrected chi connectivity index (χ3v) is 2.40. The summed E-state index contributed by atoms with van der Waals surface area (Å²) in [5, 5.41) is 0. The smallest absolute Gasteiger partial charge is 0.254 e. The fourth-order valence-corrected chi connectivity index (χ4v) is 1.50. The lowest BCUT2D eigenvalue weighted by atomic mass is 10.2. The predicted molar refractivity (Wildman–Crippen MR) is 64.1 cm³/mol. The van der Waals surface area contributed by atoms with Crippen LogP contribution in [-0.4, -0.2) is 35.4 Å². The number of nitrogens with two attached hydrogens (primary N) is 1. The average molecular weight is 221 g/mol. The van der Waals surface area contributed by atoms with Gasteiger partial charge in [-0.1, -0.05) is 13.3 Å². The molecule has 4 nitrogen and oxygen atoms in total. The van der Waals surface area contributed by atoms with Crippen molar-refractivity contribution < 1.29 is 4.79 Å². The van der Waals surface area contributed by atoms with Crippen LogP contribution < -0.4 is 5.73 Å². The molecule has 0 aromatic carbocycles. The molecule has 1 aromatic heterocycles. The van der Waals surface area contributed by atoms with Crippen LogP contribution in [0.25, 0.3) is 0 Å². The molecule has 88 valence electrons. The molecule has 0 aliphatic rings. The fraction of sp³-hybridized carbons (Fsp3) is 0.500. The molecule has 0 bridgehead atoms. The second-order valence-corrected chi connectivity index (χ2v) is 3.67. The van der Waals surface area contributed by atoms with Gasteiger partial charge in [-0.05, 0) is 18.6 Å². The number of rotatable bonds is 6. The van der Waals surface area contributed by atoms with Crippen LogP contribution in [-0.2, 0) is 0 Å². The summed E-state index contributed by atoms with van der Waals surface area (Å²) in [7, 11) is 0. The molecule has 0 atom stereocenters. The molecule has 2 N–H and O–H groups in total. The van der Waals surface area contributed by atoms with Gasteiger partial charge in [0.05, 0.1) is 0 Å². The van der Waals surface area contributed by atoms with E-state index in [2.05, 4.69) is 11.9 Å². The normalized spacial score (nSPS) is 10.1. The van der Waals surface area contributed by atoms with E-state index >= 15 is 0 Å². The molecular formula is C12H19N3O. The number of carbonyl (C=O) groups excluding carboxylic acids is 1. The van der Waals surface area contributed by atoms with Crippen LogP contribution in [0.3, 0.4) is 0 Å². The highest BCUT2D eigenvalue weighted by Crippen LogP contribution is 2.04.